The SMILES string of the molecule is Cc1ccc(NC(=O)CCn2nc(C)c(S(=O)(=O)N3CCCCC3)c2C)cc1C. The molecule has 158 valence electrons. The molecule has 0 atom stereocenters. The molecule has 1 aliphatic heterocycles. The molecule has 3 rings (SSSR count). The minimum atomic E-state index is -3.55. The van der Waals surface area contributed by atoms with Crippen molar-refractivity contribution in [3.8, 4) is 0 Å². The number of aryl methyl sites for hydroxylation is 4. The smallest absolute Gasteiger partial charge is 0.246 e. The van der Waals surface area contributed by atoms with Crippen molar-refractivity contribution in [1.29, 1.82) is 0 Å². The van der Waals surface area contributed by atoms with Crippen LogP contribution in [0.5, 0.6) is 0 Å². The summed E-state index contributed by atoms with van der Waals surface area (Å²) in [6, 6.07) is 5.80. The maximum absolute atomic E-state index is 13.1. The third-order valence-electron chi connectivity index (χ3n) is 5.57. The van der Waals surface area contributed by atoms with Crippen molar-refractivity contribution in [3.63, 3.8) is 0 Å². The van der Waals surface area contributed by atoms with Gasteiger partial charge in [0, 0.05) is 25.2 Å². The number of hydrogen-bond donors (Lipinski definition) is 1. The summed E-state index contributed by atoms with van der Waals surface area (Å²) in [6.07, 6.45) is 3.07. The first-order valence-corrected chi connectivity index (χ1v) is 11.6. The third-order valence-corrected chi connectivity index (χ3v) is 7.72. The molecule has 0 spiro atoms. The van der Waals surface area contributed by atoms with E-state index in [4.69, 9.17) is 0 Å². The molecule has 0 aliphatic carbocycles. The molecule has 1 aromatic heterocycles. The zero-order chi connectivity index (χ0) is 21.2. The van der Waals surface area contributed by atoms with Gasteiger partial charge in [0.05, 0.1) is 17.9 Å². The fourth-order valence-electron chi connectivity index (χ4n) is 3.76. The van der Waals surface area contributed by atoms with Crippen LogP contribution in [-0.2, 0) is 21.4 Å². The quantitative estimate of drug-likeness (QED) is 0.780. The van der Waals surface area contributed by atoms with Gasteiger partial charge < -0.3 is 5.32 Å². The van der Waals surface area contributed by atoms with Gasteiger partial charge >= 0.3 is 0 Å². The number of carbonyl (C=O) groups excluding carboxylic acids is 1. The van der Waals surface area contributed by atoms with Gasteiger partial charge in [-0.15, -0.1) is 0 Å². The van der Waals surface area contributed by atoms with E-state index < -0.39 is 10.0 Å². The predicted octanol–water partition coefficient (Wildman–Crippen LogP) is 3.32. The molecule has 1 saturated heterocycles. The lowest BCUT2D eigenvalue weighted by atomic mass is 10.1. The van der Waals surface area contributed by atoms with Gasteiger partial charge in [-0.3, -0.25) is 9.48 Å². The minimum Gasteiger partial charge on any atom is -0.326 e. The van der Waals surface area contributed by atoms with Gasteiger partial charge in [-0.2, -0.15) is 9.40 Å². The average molecular weight is 419 g/mol. The summed E-state index contributed by atoms with van der Waals surface area (Å²) >= 11 is 0. The van der Waals surface area contributed by atoms with Crippen molar-refractivity contribution < 1.29 is 13.2 Å². The molecular weight excluding hydrogens is 388 g/mol. The number of nitrogens with zero attached hydrogens (tertiary/aromatic N) is 3. The Morgan fingerprint density at radius 3 is 2.41 bits per heavy atom. The molecular formula is C21H30N4O3S. The third kappa shape index (κ3) is 4.70. The van der Waals surface area contributed by atoms with E-state index in [1.807, 2.05) is 32.0 Å². The zero-order valence-corrected chi connectivity index (χ0v) is 18.5. The van der Waals surface area contributed by atoms with Gasteiger partial charge in [0.15, 0.2) is 0 Å². The number of sulfonamides is 1. The Morgan fingerprint density at radius 1 is 1.07 bits per heavy atom. The highest BCUT2D eigenvalue weighted by Crippen LogP contribution is 2.26. The lowest BCUT2D eigenvalue weighted by Gasteiger charge is -2.26. The number of amides is 1. The van der Waals surface area contributed by atoms with E-state index >= 15 is 0 Å². The summed E-state index contributed by atoms with van der Waals surface area (Å²) in [5, 5.41) is 7.30. The van der Waals surface area contributed by atoms with Crippen LogP contribution in [-0.4, -0.2) is 41.5 Å². The first kappa shape index (κ1) is 21.5. The number of carbonyl (C=O) groups is 1. The molecule has 7 nitrogen and oxygen atoms in total. The molecule has 0 radical (unpaired) electrons. The van der Waals surface area contributed by atoms with Crippen LogP contribution >= 0.6 is 0 Å². The second kappa shape index (κ2) is 8.67. The van der Waals surface area contributed by atoms with Gasteiger partial charge in [-0.1, -0.05) is 12.5 Å². The fraction of sp³-hybridized carbons (Fsp3) is 0.524. The van der Waals surface area contributed by atoms with Crippen LogP contribution in [0.4, 0.5) is 5.69 Å². The molecule has 2 aromatic rings. The van der Waals surface area contributed by atoms with Crippen LogP contribution in [0, 0.1) is 27.7 Å². The summed E-state index contributed by atoms with van der Waals surface area (Å²) in [7, 11) is -3.55. The number of aromatic nitrogens is 2. The van der Waals surface area contributed by atoms with E-state index in [2.05, 4.69) is 10.4 Å². The average Bonchev–Trinajstić information content (AvgIpc) is 2.97. The standard InChI is InChI=1S/C21H30N4O3S/c1-15-8-9-19(14-16(15)2)22-20(26)10-13-25-18(4)21(17(3)23-25)29(27,28)24-11-6-5-7-12-24/h8-9,14H,5-7,10-13H2,1-4H3,(H,22,26). The van der Waals surface area contributed by atoms with Crippen LogP contribution in [0.2, 0.25) is 0 Å². The summed E-state index contributed by atoms with van der Waals surface area (Å²) in [5.41, 5.74) is 4.14. The maximum Gasteiger partial charge on any atom is 0.246 e. The fourth-order valence-corrected chi connectivity index (χ4v) is 5.65. The molecule has 0 bridgehead atoms. The van der Waals surface area contributed by atoms with E-state index in [1.54, 1.807) is 22.8 Å². The van der Waals surface area contributed by atoms with E-state index in [0.29, 0.717) is 31.0 Å². The molecule has 1 amide bonds. The highest BCUT2D eigenvalue weighted by Gasteiger charge is 2.31. The Hall–Kier alpha value is -2.19. The largest absolute Gasteiger partial charge is 0.326 e. The van der Waals surface area contributed by atoms with Crippen LogP contribution in [0.25, 0.3) is 0 Å². The van der Waals surface area contributed by atoms with Crippen molar-refractivity contribution in [1.82, 2.24) is 14.1 Å². The number of anilines is 1. The van der Waals surface area contributed by atoms with Crippen molar-refractivity contribution in [3.05, 3.63) is 40.7 Å². The Balaban J connectivity index is 1.69. The number of hydrogen-bond acceptors (Lipinski definition) is 4. The maximum atomic E-state index is 13.1. The first-order valence-electron chi connectivity index (χ1n) is 10.1. The molecule has 2 heterocycles. The Kier molecular flexibility index (Phi) is 6.43. The number of rotatable bonds is 6. The molecule has 0 unspecified atom stereocenters. The van der Waals surface area contributed by atoms with Crippen LogP contribution in [0.3, 0.4) is 0 Å². The highest BCUT2D eigenvalue weighted by atomic mass is 32.2. The number of nitrogens with one attached hydrogen (secondary N) is 1. The highest BCUT2D eigenvalue weighted by molar-refractivity contribution is 7.89. The van der Waals surface area contributed by atoms with Gasteiger partial charge in [0.1, 0.15) is 4.90 Å². The Bertz CT molecular complexity index is 1010. The first-order chi connectivity index (χ1) is 13.7. The molecule has 1 aliphatic rings. The van der Waals surface area contributed by atoms with Gasteiger partial charge in [-0.25, -0.2) is 8.42 Å². The van der Waals surface area contributed by atoms with Crippen LogP contribution < -0.4 is 5.32 Å². The second-order valence-electron chi connectivity index (χ2n) is 7.79. The van der Waals surface area contributed by atoms with Crippen LogP contribution in [0.1, 0.15) is 48.2 Å². The van der Waals surface area contributed by atoms with Crippen molar-refractivity contribution in [2.24, 2.45) is 0 Å². The van der Waals surface area contributed by atoms with Crippen molar-refractivity contribution in [2.45, 2.75) is 64.8 Å². The van der Waals surface area contributed by atoms with E-state index in [1.165, 1.54) is 5.56 Å². The number of piperidine rings is 1. The normalized spacial score (nSPS) is 15.4. The second-order valence-corrected chi connectivity index (χ2v) is 9.66. The summed E-state index contributed by atoms with van der Waals surface area (Å²) in [4.78, 5) is 12.6. The molecule has 0 saturated carbocycles. The zero-order valence-electron chi connectivity index (χ0n) is 17.7. The lowest BCUT2D eigenvalue weighted by molar-refractivity contribution is -0.116. The van der Waals surface area contributed by atoms with Crippen LogP contribution in [0.15, 0.2) is 23.1 Å². The van der Waals surface area contributed by atoms with Gasteiger partial charge in [0.2, 0.25) is 15.9 Å². The van der Waals surface area contributed by atoms with E-state index in [-0.39, 0.29) is 17.2 Å². The molecule has 8 heteroatoms. The molecule has 1 N–H and O–H groups in total. The number of benzene rings is 1. The summed E-state index contributed by atoms with van der Waals surface area (Å²) in [6.45, 7) is 8.96. The van der Waals surface area contributed by atoms with Gasteiger partial charge in [-0.05, 0) is 63.8 Å². The van der Waals surface area contributed by atoms with Crippen molar-refractivity contribution in [2.75, 3.05) is 18.4 Å². The Labute approximate surface area is 173 Å². The predicted molar refractivity (Wildman–Crippen MR) is 113 cm³/mol. The summed E-state index contributed by atoms with van der Waals surface area (Å²) < 4.78 is 29.3. The van der Waals surface area contributed by atoms with Gasteiger partial charge in [0.25, 0.3) is 0 Å². The monoisotopic (exact) mass is 418 g/mol. The van der Waals surface area contributed by atoms with Crippen molar-refractivity contribution >= 4 is 21.6 Å². The molecule has 29 heavy (non-hydrogen) atoms. The van der Waals surface area contributed by atoms with E-state index in [9.17, 15) is 13.2 Å². The summed E-state index contributed by atoms with van der Waals surface area (Å²) in [5.74, 6) is -0.124. The van der Waals surface area contributed by atoms with E-state index in [0.717, 1.165) is 30.5 Å². The minimum absolute atomic E-state index is 0.124. The molecule has 1 fully saturated rings. The lowest BCUT2D eigenvalue weighted by Crippen LogP contribution is -2.36. The Morgan fingerprint density at radius 2 is 1.76 bits per heavy atom. The molecule has 1 aromatic carbocycles. The topological polar surface area (TPSA) is 84.3 Å².